The van der Waals surface area contributed by atoms with Crippen molar-refractivity contribution < 1.29 is 9.47 Å². The zero-order chi connectivity index (χ0) is 16.9. The van der Waals surface area contributed by atoms with Crippen LogP contribution in [0.1, 0.15) is 5.01 Å². The highest BCUT2D eigenvalue weighted by atomic mass is 32.1. The van der Waals surface area contributed by atoms with Crippen molar-refractivity contribution in [2.24, 2.45) is 0 Å². The third kappa shape index (κ3) is 3.87. The van der Waals surface area contributed by atoms with Gasteiger partial charge in [-0.25, -0.2) is 4.98 Å². The molecular formula is C19H15N3O2S. The lowest BCUT2D eigenvalue weighted by Gasteiger charge is -2.08. The first-order chi connectivity index (χ1) is 12.4. The Labute approximate surface area is 148 Å². The molecule has 0 aliphatic rings. The molecule has 4 aromatic rings. The number of aromatic nitrogens is 3. The minimum Gasteiger partial charge on any atom is -0.486 e. The number of nitrogens with zero attached hydrogens (tertiary/aromatic N) is 2. The van der Waals surface area contributed by atoms with Gasteiger partial charge in [-0.1, -0.05) is 0 Å². The van der Waals surface area contributed by atoms with Crippen molar-refractivity contribution in [1.82, 2.24) is 15.2 Å². The summed E-state index contributed by atoms with van der Waals surface area (Å²) in [5.41, 5.74) is 2.05. The average Bonchev–Trinajstić information content (AvgIpc) is 3.36. The summed E-state index contributed by atoms with van der Waals surface area (Å²) in [6.45, 7) is 0.479. The summed E-state index contributed by atoms with van der Waals surface area (Å²) >= 11 is 1.58. The standard InChI is InChI=1S/C19H15N3O2S/c1-3-16(4-2-14(1)18-9-10-21-22-18)24-17-7-5-15(6-8-17)23-13-19-20-11-12-25-19/h1-12H,13H2,(H,21,22). The van der Waals surface area contributed by atoms with Crippen LogP contribution in [-0.2, 0) is 6.61 Å². The number of rotatable bonds is 6. The predicted octanol–water partition coefficient (Wildman–Crippen LogP) is 4.90. The van der Waals surface area contributed by atoms with Gasteiger partial charge >= 0.3 is 0 Å². The van der Waals surface area contributed by atoms with Crippen LogP contribution in [0.15, 0.2) is 72.4 Å². The molecule has 124 valence electrons. The fraction of sp³-hybridized carbons (Fsp3) is 0.0526. The van der Waals surface area contributed by atoms with Crippen LogP contribution in [-0.4, -0.2) is 15.2 Å². The van der Waals surface area contributed by atoms with E-state index in [1.165, 1.54) is 0 Å². The van der Waals surface area contributed by atoms with Crippen molar-refractivity contribution in [2.45, 2.75) is 6.61 Å². The number of hydrogen-bond donors (Lipinski definition) is 1. The molecule has 0 aliphatic carbocycles. The molecule has 0 spiro atoms. The van der Waals surface area contributed by atoms with E-state index in [0.29, 0.717) is 6.61 Å². The van der Waals surface area contributed by atoms with E-state index >= 15 is 0 Å². The maximum absolute atomic E-state index is 5.86. The normalized spacial score (nSPS) is 10.6. The zero-order valence-corrected chi connectivity index (χ0v) is 14.1. The van der Waals surface area contributed by atoms with E-state index in [9.17, 15) is 0 Å². The van der Waals surface area contributed by atoms with E-state index in [2.05, 4.69) is 15.2 Å². The molecule has 2 aromatic carbocycles. The second kappa shape index (κ2) is 7.19. The summed E-state index contributed by atoms with van der Waals surface area (Å²) in [6.07, 6.45) is 3.51. The molecule has 2 aromatic heterocycles. The summed E-state index contributed by atoms with van der Waals surface area (Å²) in [4.78, 5) is 4.19. The van der Waals surface area contributed by atoms with Gasteiger partial charge in [0.2, 0.25) is 0 Å². The number of benzene rings is 2. The Hall–Kier alpha value is -3.12. The van der Waals surface area contributed by atoms with E-state index in [1.807, 2.05) is 60.0 Å². The second-order valence-corrected chi connectivity index (χ2v) is 6.26. The molecule has 0 bridgehead atoms. The first-order valence-electron chi connectivity index (χ1n) is 7.76. The molecule has 0 unspecified atom stereocenters. The van der Waals surface area contributed by atoms with Gasteiger partial charge in [-0.2, -0.15) is 5.10 Å². The number of H-pyrrole nitrogens is 1. The van der Waals surface area contributed by atoms with Crippen LogP contribution < -0.4 is 9.47 Å². The molecule has 6 heteroatoms. The van der Waals surface area contributed by atoms with Gasteiger partial charge in [0, 0.05) is 17.8 Å². The third-order valence-corrected chi connectivity index (χ3v) is 4.32. The third-order valence-electron chi connectivity index (χ3n) is 3.57. The average molecular weight is 349 g/mol. The molecule has 4 rings (SSSR count). The maximum atomic E-state index is 5.86. The molecule has 0 atom stereocenters. The van der Waals surface area contributed by atoms with Gasteiger partial charge < -0.3 is 9.47 Å². The molecule has 5 nitrogen and oxygen atoms in total. The van der Waals surface area contributed by atoms with E-state index < -0.39 is 0 Å². The fourth-order valence-electron chi connectivity index (χ4n) is 2.33. The van der Waals surface area contributed by atoms with Crippen LogP contribution in [0.4, 0.5) is 0 Å². The number of ether oxygens (including phenoxy) is 2. The quantitative estimate of drug-likeness (QED) is 0.537. The van der Waals surface area contributed by atoms with E-state index in [4.69, 9.17) is 9.47 Å². The Morgan fingerprint density at radius 1 is 0.840 bits per heavy atom. The maximum Gasteiger partial charge on any atom is 0.140 e. The van der Waals surface area contributed by atoms with Crippen molar-refractivity contribution in [3.63, 3.8) is 0 Å². The van der Waals surface area contributed by atoms with Crippen molar-refractivity contribution >= 4 is 11.3 Å². The Morgan fingerprint density at radius 2 is 1.56 bits per heavy atom. The summed E-state index contributed by atoms with van der Waals surface area (Å²) in [5, 5.41) is 9.79. The Kier molecular flexibility index (Phi) is 4.43. The molecule has 2 heterocycles. The largest absolute Gasteiger partial charge is 0.486 e. The van der Waals surface area contributed by atoms with E-state index in [-0.39, 0.29) is 0 Å². The SMILES string of the molecule is c1cc(-c2ccc(Oc3ccc(OCc4nccs4)cc3)cc2)[nH]n1. The Morgan fingerprint density at radius 3 is 2.20 bits per heavy atom. The van der Waals surface area contributed by atoms with Crippen LogP contribution in [0.2, 0.25) is 0 Å². The molecule has 0 aliphatic heterocycles. The van der Waals surface area contributed by atoms with Gasteiger partial charge in [0.05, 0.1) is 5.69 Å². The number of nitrogens with one attached hydrogen (secondary N) is 1. The second-order valence-electron chi connectivity index (χ2n) is 5.28. The molecule has 0 radical (unpaired) electrons. The number of hydrogen-bond acceptors (Lipinski definition) is 5. The van der Waals surface area contributed by atoms with Gasteiger partial charge in [0.25, 0.3) is 0 Å². The summed E-state index contributed by atoms with van der Waals surface area (Å²) in [5.74, 6) is 2.33. The first-order valence-corrected chi connectivity index (χ1v) is 8.64. The lowest BCUT2D eigenvalue weighted by molar-refractivity contribution is 0.305. The molecule has 1 N–H and O–H groups in total. The van der Waals surface area contributed by atoms with Crippen molar-refractivity contribution in [3.05, 3.63) is 77.4 Å². The van der Waals surface area contributed by atoms with Gasteiger partial charge in [0.1, 0.15) is 28.9 Å². The lowest BCUT2D eigenvalue weighted by Crippen LogP contribution is -1.94. The highest BCUT2D eigenvalue weighted by molar-refractivity contribution is 7.09. The minimum atomic E-state index is 0.479. The van der Waals surface area contributed by atoms with Gasteiger partial charge in [-0.05, 0) is 60.2 Å². The predicted molar refractivity (Wildman–Crippen MR) is 97.0 cm³/mol. The summed E-state index contributed by atoms with van der Waals surface area (Å²) in [7, 11) is 0. The van der Waals surface area contributed by atoms with Gasteiger partial charge in [-0.3, -0.25) is 5.10 Å². The molecule has 25 heavy (non-hydrogen) atoms. The fourth-order valence-corrected chi connectivity index (χ4v) is 2.86. The van der Waals surface area contributed by atoms with Gasteiger partial charge in [-0.15, -0.1) is 11.3 Å². The number of aromatic amines is 1. The Bertz CT molecular complexity index is 902. The van der Waals surface area contributed by atoms with Crippen molar-refractivity contribution in [2.75, 3.05) is 0 Å². The van der Waals surface area contributed by atoms with E-state index in [0.717, 1.165) is 33.5 Å². The van der Waals surface area contributed by atoms with Crippen LogP contribution >= 0.6 is 11.3 Å². The van der Waals surface area contributed by atoms with Crippen molar-refractivity contribution in [1.29, 1.82) is 0 Å². The summed E-state index contributed by atoms with van der Waals surface area (Å²) in [6, 6.07) is 17.3. The first kappa shape index (κ1) is 15.4. The molecule has 0 saturated carbocycles. The molecule has 0 fully saturated rings. The monoisotopic (exact) mass is 349 g/mol. The summed E-state index contributed by atoms with van der Waals surface area (Å²) < 4.78 is 11.6. The topological polar surface area (TPSA) is 60.0 Å². The van der Waals surface area contributed by atoms with Crippen LogP contribution in [0.25, 0.3) is 11.3 Å². The molecular weight excluding hydrogens is 334 g/mol. The van der Waals surface area contributed by atoms with E-state index in [1.54, 1.807) is 23.7 Å². The highest BCUT2D eigenvalue weighted by Gasteiger charge is 2.02. The highest BCUT2D eigenvalue weighted by Crippen LogP contribution is 2.26. The minimum absolute atomic E-state index is 0.479. The van der Waals surface area contributed by atoms with Crippen molar-refractivity contribution in [3.8, 4) is 28.5 Å². The smallest absolute Gasteiger partial charge is 0.140 e. The molecule has 0 saturated heterocycles. The van der Waals surface area contributed by atoms with Crippen LogP contribution in [0.3, 0.4) is 0 Å². The zero-order valence-electron chi connectivity index (χ0n) is 13.3. The van der Waals surface area contributed by atoms with Crippen LogP contribution in [0.5, 0.6) is 17.2 Å². The van der Waals surface area contributed by atoms with Crippen LogP contribution in [0, 0.1) is 0 Å². The van der Waals surface area contributed by atoms with Gasteiger partial charge in [0.15, 0.2) is 0 Å². The molecule has 0 amide bonds. The lowest BCUT2D eigenvalue weighted by atomic mass is 10.1. The Balaban J connectivity index is 1.37. The number of thiazole rings is 1.